The Morgan fingerprint density at radius 3 is 2.00 bits per heavy atom. The van der Waals surface area contributed by atoms with Gasteiger partial charge in [-0.05, 0) is 26.3 Å². The lowest BCUT2D eigenvalue weighted by Gasteiger charge is -2.08. The van der Waals surface area contributed by atoms with Crippen LogP contribution in [0, 0.1) is 0 Å². The van der Waals surface area contributed by atoms with Gasteiger partial charge in [-0.1, -0.05) is 0 Å². The summed E-state index contributed by atoms with van der Waals surface area (Å²) in [7, 11) is 1.65. The number of allylic oxidation sites excluding steroid dienone is 1. The van der Waals surface area contributed by atoms with Gasteiger partial charge in [-0.25, -0.2) is 0 Å². The third kappa shape index (κ3) is 2.51. The molecular weight excluding hydrogens is 114 g/mol. The number of rotatable bonds is 2. The predicted octanol–water partition coefficient (Wildman–Crippen LogP) is 1.27. The Morgan fingerprint density at radius 2 is 1.89 bits per heavy atom. The van der Waals surface area contributed by atoms with Crippen molar-refractivity contribution in [3.63, 3.8) is 0 Å². The Labute approximate surface area is 56.7 Å². The Bertz CT molecular complexity index is 116. The third-order valence-corrected chi connectivity index (χ3v) is 1.54. The van der Waals surface area contributed by atoms with Gasteiger partial charge in [0.2, 0.25) is 0 Å². The van der Waals surface area contributed by atoms with E-state index in [2.05, 4.69) is 0 Å². The number of hydrogen-bond donors (Lipinski definition) is 1. The third-order valence-electron chi connectivity index (χ3n) is 1.54. The van der Waals surface area contributed by atoms with Gasteiger partial charge in [0.15, 0.2) is 0 Å². The molecule has 1 atom stereocenters. The topological polar surface area (TPSA) is 35.2 Å². The summed E-state index contributed by atoms with van der Waals surface area (Å²) in [4.78, 5) is 0. The summed E-state index contributed by atoms with van der Waals surface area (Å²) < 4.78 is 4.97. The van der Waals surface area contributed by atoms with Crippen LogP contribution in [0.25, 0.3) is 0 Å². The highest BCUT2D eigenvalue weighted by Crippen LogP contribution is 2.05. The molecule has 0 bridgehead atoms. The van der Waals surface area contributed by atoms with Gasteiger partial charge in [0.25, 0.3) is 0 Å². The molecule has 0 saturated heterocycles. The Balaban J connectivity index is 4.10. The van der Waals surface area contributed by atoms with Crippen molar-refractivity contribution in [2.45, 2.75) is 26.8 Å². The number of ether oxygens (including phenoxy) is 1. The van der Waals surface area contributed by atoms with Crippen LogP contribution in [0.1, 0.15) is 20.8 Å². The second-order valence-electron chi connectivity index (χ2n) is 2.23. The van der Waals surface area contributed by atoms with Gasteiger partial charge in [0, 0.05) is 6.04 Å². The van der Waals surface area contributed by atoms with Crippen molar-refractivity contribution in [1.82, 2.24) is 0 Å². The van der Waals surface area contributed by atoms with E-state index in [1.807, 2.05) is 20.8 Å². The normalized spacial score (nSPS) is 16.6. The van der Waals surface area contributed by atoms with Crippen LogP contribution in [-0.4, -0.2) is 13.2 Å². The smallest absolute Gasteiger partial charge is 0.0929 e. The number of nitrogens with two attached hydrogens (primary N) is 1. The van der Waals surface area contributed by atoms with Crippen LogP contribution in [0.3, 0.4) is 0 Å². The lowest BCUT2D eigenvalue weighted by molar-refractivity contribution is 0.286. The zero-order chi connectivity index (χ0) is 7.44. The first-order valence-corrected chi connectivity index (χ1v) is 3.06. The minimum Gasteiger partial charge on any atom is -0.501 e. The van der Waals surface area contributed by atoms with E-state index in [0.29, 0.717) is 0 Å². The molecule has 0 spiro atoms. The fraction of sp³-hybridized carbons (Fsp3) is 0.714. The molecule has 0 aliphatic carbocycles. The molecule has 0 aliphatic heterocycles. The minimum atomic E-state index is 0.102. The molecule has 9 heavy (non-hydrogen) atoms. The Kier molecular flexibility index (Phi) is 3.32. The molecule has 0 amide bonds. The molecule has 0 saturated carbocycles. The summed E-state index contributed by atoms with van der Waals surface area (Å²) in [6.07, 6.45) is 0. The molecule has 0 aromatic heterocycles. The van der Waals surface area contributed by atoms with Gasteiger partial charge >= 0.3 is 0 Å². The first-order chi connectivity index (χ1) is 4.09. The van der Waals surface area contributed by atoms with Gasteiger partial charge < -0.3 is 10.5 Å². The first kappa shape index (κ1) is 8.50. The van der Waals surface area contributed by atoms with Crippen LogP contribution in [-0.2, 0) is 4.74 Å². The molecule has 0 heterocycles. The SMILES string of the molecule is CO/C(C)=C(/C)C(C)N. The van der Waals surface area contributed by atoms with Crippen molar-refractivity contribution in [2.24, 2.45) is 5.73 Å². The summed E-state index contributed by atoms with van der Waals surface area (Å²) in [5.41, 5.74) is 6.68. The van der Waals surface area contributed by atoms with Gasteiger partial charge in [0.05, 0.1) is 12.9 Å². The van der Waals surface area contributed by atoms with Crippen LogP contribution in [0.15, 0.2) is 11.3 Å². The Morgan fingerprint density at radius 1 is 1.44 bits per heavy atom. The Hall–Kier alpha value is -0.500. The highest BCUT2D eigenvalue weighted by molar-refractivity contribution is 5.08. The van der Waals surface area contributed by atoms with E-state index in [1.165, 1.54) is 0 Å². The van der Waals surface area contributed by atoms with Crippen LogP contribution in [0.4, 0.5) is 0 Å². The van der Waals surface area contributed by atoms with E-state index in [0.717, 1.165) is 11.3 Å². The molecule has 0 radical (unpaired) electrons. The molecule has 0 fully saturated rings. The van der Waals surface area contributed by atoms with E-state index in [4.69, 9.17) is 10.5 Å². The molecule has 0 aromatic rings. The quantitative estimate of drug-likeness (QED) is 0.570. The maximum atomic E-state index is 5.57. The second-order valence-corrected chi connectivity index (χ2v) is 2.23. The molecule has 2 heteroatoms. The monoisotopic (exact) mass is 129 g/mol. The van der Waals surface area contributed by atoms with Crippen molar-refractivity contribution in [1.29, 1.82) is 0 Å². The lowest BCUT2D eigenvalue weighted by Crippen LogP contribution is -2.17. The van der Waals surface area contributed by atoms with Crippen molar-refractivity contribution in [3.8, 4) is 0 Å². The minimum absolute atomic E-state index is 0.102. The highest BCUT2D eigenvalue weighted by atomic mass is 16.5. The van der Waals surface area contributed by atoms with Crippen LogP contribution in [0.2, 0.25) is 0 Å². The molecule has 2 nitrogen and oxygen atoms in total. The molecular formula is C7H15NO. The van der Waals surface area contributed by atoms with E-state index in [-0.39, 0.29) is 6.04 Å². The summed E-state index contributed by atoms with van der Waals surface area (Å²) in [6.45, 7) is 5.83. The van der Waals surface area contributed by atoms with Gasteiger partial charge in [-0.15, -0.1) is 0 Å². The largest absolute Gasteiger partial charge is 0.501 e. The van der Waals surface area contributed by atoms with Crippen molar-refractivity contribution < 1.29 is 4.74 Å². The van der Waals surface area contributed by atoms with E-state index in [1.54, 1.807) is 7.11 Å². The standard InChI is InChI=1S/C7H15NO/c1-5(6(2)8)7(3)9-4/h6H,8H2,1-4H3/b7-5-. The maximum absolute atomic E-state index is 5.57. The fourth-order valence-corrected chi connectivity index (χ4v) is 0.482. The summed E-state index contributed by atoms with van der Waals surface area (Å²) >= 11 is 0. The summed E-state index contributed by atoms with van der Waals surface area (Å²) in [5.74, 6) is 0.921. The fourth-order valence-electron chi connectivity index (χ4n) is 0.482. The number of hydrogen-bond acceptors (Lipinski definition) is 2. The van der Waals surface area contributed by atoms with Gasteiger partial charge in [0.1, 0.15) is 0 Å². The second kappa shape index (κ2) is 3.51. The average Bonchev–Trinajstić information content (AvgIpc) is 1.84. The van der Waals surface area contributed by atoms with Crippen molar-refractivity contribution in [2.75, 3.05) is 7.11 Å². The summed E-state index contributed by atoms with van der Waals surface area (Å²) in [5, 5.41) is 0. The van der Waals surface area contributed by atoms with Gasteiger partial charge in [-0.2, -0.15) is 0 Å². The van der Waals surface area contributed by atoms with Crippen LogP contribution in [0.5, 0.6) is 0 Å². The number of methoxy groups -OCH3 is 1. The van der Waals surface area contributed by atoms with E-state index < -0.39 is 0 Å². The van der Waals surface area contributed by atoms with E-state index >= 15 is 0 Å². The molecule has 0 aliphatic rings. The molecule has 1 unspecified atom stereocenters. The van der Waals surface area contributed by atoms with Crippen molar-refractivity contribution in [3.05, 3.63) is 11.3 Å². The van der Waals surface area contributed by atoms with E-state index in [9.17, 15) is 0 Å². The molecule has 2 N–H and O–H groups in total. The highest BCUT2D eigenvalue weighted by Gasteiger charge is 2.00. The zero-order valence-electron chi connectivity index (χ0n) is 6.56. The molecule has 0 aromatic carbocycles. The van der Waals surface area contributed by atoms with Crippen LogP contribution >= 0.6 is 0 Å². The first-order valence-electron chi connectivity index (χ1n) is 3.06. The summed E-state index contributed by atoms with van der Waals surface area (Å²) in [6, 6.07) is 0.102. The van der Waals surface area contributed by atoms with Crippen LogP contribution < -0.4 is 5.73 Å². The molecule has 0 rings (SSSR count). The zero-order valence-corrected chi connectivity index (χ0v) is 6.56. The average molecular weight is 129 g/mol. The van der Waals surface area contributed by atoms with Gasteiger partial charge in [-0.3, -0.25) is 0 Å². The predicted molar refractivity (Wildman–Crippen MR) is 39.0 cm³/mol. The maximum Gasteiger partial charge on any atom is 0.0929 e. The van der Waals surface area contributed by atoms with Crippen molar-refractivity contribution >= 4 is 0 Å². The lowest BCUT2D eigenvalue weighted by atomic mass is 10.1. The molecule has 54 valence electrons.